The van der Waals surface area contributed by atoms with Crippen molar-refractivity contribution < 1.29 is 10.2 Å². The van der Waals surface area contributed by atoms with E-state index in [1.54, 1.807) is 6.07 Å². The van der Waals surface area contributed by atoms with Gasteiger partial charge in [0.05, 0.1) is 6.10 Å². The van der Waals surface area contributed by atoms with Crippen LogP contribution in [0.25, 0.3) is 0 Å². The lowest BCUT2D eigenvalue weighted by Gasteiger charge is -2.35. The topological polar surface area (TPSA) is 52.5 Å². The first-order valence-electron chi connectivity index (χ1n) is 7.50. The van der Waals surface area contributed by atoms with Crippen LogP contribution in [0.1, 0.15) is 55.7 Å². The molecule has 0 amide bonds. The summed E-state index contributed by atoms with van der Waals surface area (Å²) in [6.07, 6.45) is 7.49. The van der Waals surface area contributed by atoms with Crippen molar-refractivity contribution in [3.63, 3.8) is 0 Å². The Kier molecular flexibility index (Phi) is 3.76. The van der Waals surface area contributed by atoms with Crippen molar-refractivity contribution in [2.24, 2.45) is 0 Å². The van der Waals surface area contributed by atoms with E-state index in [2.05, 4.69) is 5.32 Å². The second-order valence-electron chi connectivity index (χ2n) is 5.95. The fourth-order valence-electron chi connectivity index (χ4n) is 3.54. The second-order valence-corrected chi connectivity index (χ2v) is 5.95. The minimum atomic E-state index is -0.198. The van der Waals surface area contributed by atoms with Gasteiger partial charge in [-0.3, -0.25) is 0 Å². The minimum absolute atomic E-state index is 0.198. The average Bonchev–Trinajstić information content (AvgIpc) is 2.41. The molecule has 19 heavy (non-hydrogen) atoms. The second kappa shape index (κ2) is 5.51. The molecule has 2 aliphatic rings. The van der Waals surface area contributed by atoms with E-state index in [4.69, 9.17) is 0 Å². The van der Waals surface area contributed by atoms with Crippen molar-refractivity contribution in [1.29, 1.82) is 0 Å². The van der Waals surface area contributed by atoms with E-state index >= 15 is 0 Å². The van der Waals surface area contributed by atoms with Crippen LogP contribution in [0, 0.1) is 0 Å². The summed E-state index contributed by atoms with van der Waals surface area (Å²) in [6.45, 7) is 0. The molecule has 0 aromatic heterocycles. The molecule has 1 fully saturated rings. The Bertz CT molecular complexity index is 446. The molecule has 3 unspecified atom stereocenters. The number of aromatic hydroxyl groups is 1. The highest BCUT2D eigenvalue weighted by atomic mass is 16.3. The molecule has 3 rings (SSSR count). The van der Waals surface area contributed by atoms with E-state index in [0.29, 0.717) is 11.8 Å². The molecule has 3 nitrogen and oxygen atoms in total. The van der Waals surface area contributed by atoms with Gasteiger partial charge in [0, 0.05) is 12.1 Å². The first kappa shape index (κ1) is 12.9. The summed E-state index contributed by atoms with van der Waals surface area (Å²) < 4.78 is 0. The largest absolute Gasteiger partial charge is 0.508 e. The van der Waals surface area contributed by atoms with Crippen LogP contribution in [0.15, 0.2) is 18.2 Å². The summed E-state index contributed by atoms with van der Waals surface area (Å²) in [5, 5.41) is 23.3. The summed E-state index contributed by atoms with van der Waals surface area (Å²) in [5.41, 5.74) is 2.57. The van der Waals surface area contributed by atoms with Crippen LogP contribution in [-0.2, 0) is 6.42 Å². The molecule has 1 aromatic rings. The van der Waals surface area contributed by atoms with Crippen LogP contribution in [0.3, 0.4) is 0 Å². The molecule has 3 atom stereocenters. The number of aliphatic hydroxyl groups excluding tert-OH is 1. The van der Waals surface area contributed by atoms with Crippen LogP contribution in [0.5, 0.6) is 5.75 Å². The number of fused-ring (bicyclic) bond motifs is 1. The molecule has 0 radical (unpaired) electrons. The van der Waals surface area contributed by atoms with E-state index in [0.717, 1.165) is 38.5 Å². The van der Waals surface area contributed by atoms with Gasteiger partial charge in [-0.25, -0.2) is 0 Å². The Labute approximate surface area is 114 Å². The van der Waals surface area contributed by atoms with E-state index < -0.39 is 0 Å². The molecule has 2 aliphatic carbocycles. The Morgan fingerprint density at radius 2 is 1.89 bits per heavy atom. The third-order valence-corrected chi connectivity index (χ3v) is 4.59. The third kappa shape index (κ3) is 2.77. The smallest absolute Gasteiger partial charge is 0.115 e. The van der Waals surface area contributed by atoms with Gasteiger partial charge in [-0.1, -0.05) is 18.9 Å². The first-order chi connectivity index (χ1) is 9.24. The van der Waals surface area contributed by atoms with Crippen molar-refractivity contribution in [2.75, 3.05) is 0 Å². The van der Waals surface area contributed by atoms with Crippen molar-refractivity contribution >= 4 is 0 Å². The predicted molar refractivity (Wildman–Crippen MR) is 75.2 cm³/mol. The Hall–Kier alpha value is -1.06. The third-order valence-electron chi connectivity index (χ3n) is 4.59. The highest BCUT2D eigenvalue weighted by Crippen LogP contribution is 2.33. The van der Waals surface area contributed by atoms with Crippen molar-refractivity contribution in [3.8, 4) is 5.75 Å². The number of hydrogen-bond acceptors (Lipinski definition) is 3. The van der Waals surface area contributed by atoms with E-state index in [-0.39, 0.29) is 12.1 Å². The highest BCUT2D eigenvalue weighted by molar-refractivity contribution is 5.38. The van der Waals surface area contributed by atoms with E-state index in [9.17, 15) is 10.2 Å². The van der Waals surface area contributed by atoms with Gasteiger partial charge in [-0.05, 0) is 55.4 Å². The van der Waals surface area contributed by atoms with E-state index in [1.165, 1.54) is 17.5 Å². The summed E-state index contributed by atoms with van der Waals surface area (Å²) in [5.74, 6) is 0.358. The average molecular weight is 261 g/mol. The maximum absolute atomic E-state index is 10.1. The fraction of sp³-hybridized carbons (Fsp3) is 0.625. The molecule has 0 heterocycles. The number of benzene rings is 1. The monoisotopic (exact) mass is 261 g/mol. The van der Waals surface area contributed by atoms with Crippen LogP contribution in [0.4, 0.5) is 0 Å². The standard InChI is InChI=1S/C16H23NO2/c18-12-8-9-13-11(10-12)4-3-6-14(13)17-15-5-1-2-7-16(15)19/h8-10,14-19H,1-7H2. The van der Waals surface area contributed by atoms with Gasteiger partial charge < -0.3 is 15.5 Å². The lowest BCUT2D eigenvalue weighted by Crippen LogP contribution is -2.44. The molecule has 1 aromatic carbocycles. The first-order valence-corrected chi connectivity index (χ1v) is 7.50. The van der Waals surface area contributed by atoms with Crippen molar-refractivity contribution in [2.45, 2.75) is 63.1 Å². The highest BCUT2D eigenvalue weighted by Gasteiger charge is 2.28. The van der Waals surface area contributed by atoms with Gasteiger partial charge in [0.15, 0.2) is 0 Å². The molecule has 0 spiro atoms. The number of hydrogen-bond donors (Lipinski definition) is 3. The van der Waals surface area contributed by atoms with Crippen LogP contribution < -0.4 is 5.32 Å². The molecule has 104 valence electrons. The van der Waals surface area contributed by atoms with Crippen LogP contribution in [-0.4, -0.2) is 22.4 Å². The number of aryl methyl sites for hydroxylation is 1. The van der Waals surface area contributed by atoms with Crippen LogP contribution >= 0.6 is 0 Å². The summed E-state index contributed by atoms with van der Waals surface area (Å²) in [6, 6.07) is 6.27. The number of aliphatic hydroxyl groups is 1. The Morgan fingerprint density at radius 1 is 1.05 bits per heavy atom. The van der Waals surface area contributed by atoms with Crippen molar-refractivity contribution in [3.05, 3.63) is 29.3 Å². The maximum atomic E-state index is 10.1. The van der Waals surface area contributed by atoms with Crippen LogP contribution in [0.2, 0.25) is 0 Å². The molecule has 3 N–H and O–H groups in total. The van der Waals surface area contributed by atoms with Gasteiger partial charge in [-0.2, -0.15) is 0 Å². The molecule has 0 saturated heterocycles. The minimum Gasteiger partial charge on any atom is -0.508 e. The summed E-state index contributed by atoms with van der Waals surface area (Å²) in [4.78, 5) is 0. The van der Waals surface area contributed by atoms with Gasteiger partial charge in [0.2, 0.25) is 0 Å². The molecule has 0 aliphatic heterocycles. The SMILES string of the molecule is Oc1ccc2c(c1)CCCC2NC1CCCCC1O. The maximum Gasteiger partial charge on any atom is 0.115 e. The van der Waals surface area contributed by atoms with Gasteiger partial charge >= 0.3 is 0 Å². The summed E-state index contributed by atoms with van der Waals surface area (Å²) >= 11 is 0. The lowest BCUT2D eigenvalue weighted by molar-refractivity contribution is 0.0834. The summed E-state index contributed by atoms with van der Waals surface area (Å²) in [7, 11) is 0. The number of phenols is 1. The Balaban J connectivity index is 1.76. The molecular formula is C16H23NO2. The molecular weight excluding hydrogens is 238 g/mol. The fourth-order valence-corrected chi connectivity index (χ4v) is 3.54. The van der Waals surface area contributed by atoms with Gasteiger partial charge in [-0.15, -0.1) is 0 Å². The number of phenolic OH excluding ortho intramolecular Hbond substituents is 1. The predicted octanol–water partition coefficient (Wildman–Crippen LogP) is 2.66. The molecule has 1 saturated carbocycles. The van der Waals surface area contributed by atoms with E-state index in [1.807, 2.05) is 12.1 Å². The number of rotatable bonds is 2. The normalized spacial score (nSPS) is 30.9. The zero-order valence-corrected chi connectivity index (χ0v) is 11.3. The zero-order chi connectivity index (χ0) is 13.2. The van der Waals surface area contributed by atoms with Gasteiger partial charge in [0.25, 0.3) is 0 Å². The number of nitrogens with one attached hydrogen (secondary N) is 1. The molecule has 0 bridgehead atoms. The zero-order valence-electron chi connectivity index (χ0n) is 11.3. The molecule has 3 heteroatoms. The van der Waals surface area contributed by atoms with Crippen molar-refractivity contribution in [1.82, 2.24) is 5.32 Å². The lowest BCUT2D eigenvalue weighted by atomic mass is 9.85. The quantitative estimate of drug-likeness (QED) is 0.767. The Morgan fingerprint density at radius 3 is 2.74 bits per heavy atom. The van der Waals surface area contributed by atoms with Gasteiger partial charge in [0.1, 0.15) is 5.75 Å².